The van der Waals surface area contributed by atoms with Crippen molar-refractivity contribution in [2.45, 2.75) is 39.3 Å². The van der Waals surface area contributed by atoms with E-state index in [9.17, 15) is 0 Å². The average Bonchev–Trinajstić information content (AvgIpc) is 3.20. The molecule has 0 radical (unpaired) electrons. The number of aromatic nitrogens is 1. The SMILES string of the molecule is CCNC(=NCC(C)N1CCN(CC)CC1)NC1CCN(c2ncccc2Cl)C1.I. The van der Waals surface area contributed by atoms with E-state index in [-0.39, 0.29) is 24.0 Å². The van der Waals surface area contributed by atoms with Crippen molar-refractivity contribution >= 4 is 47.4 Å². The van der Waals surface area contributed by atoms with Crippen molar-refractivity contribution in [2.75, 3.05) is 63.8 Å². The Morgan fingerprint density at radius 3 is 2.70 bits per heavy atom. The molecule has 7 nitrogen and oxygen atoms in total. The van der Waals surface area contributed by atoms with E-state index in [1.807, 2.05) is 12.1 Å². The first-order valence-corrected chi connectivity index (χ1v) is 11.3. The van der Waals surface area contributed by atoms with Gasteiger partial charge in [0.25, 0.3) is 0 Å². The van der Waals surface area contributed by atoms with Gasteiger partial charge < -0.3 is 20.4 Å². The largest absolute Gasteiger partial charge is 0.357 e. The molecule has 2 unspecified atom stereocenters. The normalized spacial score (nSPS) is 21.9. The predicted octanol–water partition coefficient (Wildman–Crippen LogP) is 2.51. The number of aliphatic imine (C=N–C) groups is 1. The summed E-state index contributed by atoms with van der Waals surface area (Å²) in [4.78, 5) is 16.6. The zero-order chi connectivity index (χ0) is 20.6. The third-order valence-electron chi connectivity index (χ3n) is 5.90. The Labute approximate surface area is 203 Å². The van der Waals surface area contributed by atoms with Crippen LogP contribution in [0.1, 0.15) is 27.2 Å². The highest BCUT2D eigenvalue weighted by molar-refractivity contribution is 14.0. The summed E-state index contributed by atoms with van der Waals surface area (Å²) in [6.07, 6.45) is 2.85. The van der Waals surface area contributed by atoms with Crippen LogP contribution in [0.4, 0.5) is 5.82 Å². The molecule has 2 aliphatic heterocycles. The van der Waals surface area contributed by atoms with Crippen LogP contribution in [-0.2, 0) is 0 Å². The number of hydrogen-bond acceptors (Lipinski definition) is 5. The number of anilines is 1. The molecule has 0 saturated carbocycles. The minimum atomic E-state index is 0. The van der Waals surface area contributed by atoms with Crippen LogP contribution in [0.15, 0.2) is 23.3 Å². The molecule has 170 valence electrons. The molecule has 0 bridgehead atoms. The Morgan fingerprint density at radius 2 is 2.03 bits per heavy atom. The van der Waals surface area contributed by atoms with Crippen LogP contribution in [0.3, 0.4) is 0 Å². The third-order valence-corrected chi connectivity index (χ3v) is 6.20. The molecule has 2 saturated heterocycles. The predicted molar refractivity (Wildman–Crippen MR) is 138 cm³/mol. The van der Waals surface area contributed by atoms with Gasteiger partial charge in [0.1, 0.15) is 5.82 Å². The Kier molecular flexibility index (Phi) is 10.9. The number of hydrogen-bond donors (Lipinski definition) is 2. The van der Waals surface area contributed by atoms with Crippen LogP contribution < -0.4 is 15.5 Å². The number of piperazine rings is 1. The standard InChI is InChI=1S/C21H36ClN7.HI/c1-4-23-21(25-15-17(3)28-13-11-27(5-2)12-14-28)26-18-8-10-29(16-18)20-19(22)7-6-9-24-20;/h6-7,9,17-18H,4-5,8,10-16H2,1-3H3,(H2,23,25,26);1H. The molecule has 9 heteroatoms. The third kappa shape index (κ3) is 7.10. The Bertz CT molecular complexity index is 667. The lowest BCUT2D eigenvalue weighted by Crippen LogP contribution is -2.50. The maximum atomic E-state index is 6.32. The number of likely N-dealkylation sites (N-methyl/N-ethyl adjacent to an activating group) is 1. The maximum absolute atomic E-state index is 6.32. The van der Waals surface area contributed by atoms with Gasteiger partial charge in [0.2, 0.25) is 0 Å². The van der Waals surface area contributed by atoms with E-state index in [1.165, 1.54) is 0 Å². The summed E-state index contributed by atoms with van der Waals surface area (Å²) >= 11 is 6.32. The molecule has 3 heterocycles. The van der Waals surface area contributed by atoms with Crippen molar-refractivity contribution in [2.24, 2.45) is 4.99 Å². The number of guanidine groups is 1. The van der Waals surface area contributed by atoms with Crippen molar-refractivity contribution in [3.8, 4) is 0 Å². The zero-order valence-corrected chi connectivity index (χ0v) is 21.6. The molecule has 1 aromatic heterocycles. The number of nitrogens with zero attached hydrogens (tertiary/aromatic N) is 5. The van der Waals surface area contributed by atoms with E-state index >= 15 is 0 Å². The van der Waals surface area contributed by atoms with Gasteiger partial charge in [0, 0.05) is 64.1 Å². The molecule has 0 spiro atoms. The second kappa shape index (κ2) is 12.9. The number of pyridine rings is 1. The lowest BCUT2D eigenvalue weighted by molar-refractivity contribution is 0.109. The van der Waals surface area contributed by atoms with Gasteiger partial charge in [-0.25, -0.2) is 4.98 Å². The molecule has 30 heavy (non-hydrogen) atoms. The monoisotopic (exact) mass is 549 g/mol. The van der Waals surface area contributed by atoms with Crippen molar-refractivity contribution < 1.29 is 0 Å². The lowest BCUT2D eigenvalue weighted by atomic mass is 10.2. The van der Waals surface area contributed by atoms with Gasteiger partial charge in [-0.1, -0.05) is 18.5 Å². The van der Waals surface area contributed by atoms with Crippen molar-refractivity contribution in [3.63, 3.8) is 0 Å². The summed E-state index contributed by atoms with van der Waals surface area (Å²) in [5.74, 6) is 1.78. The van der Waals surface area contributed by atoms with Crippen LogP contribution in [0.25, 0.3) is 0 Å². The van der Waals surface area contributed by atoms with E-state index in [4.69, 9.17) is 16.6 Å². The molecule has 2 aliphatic rings. The summed E-state index contributed by atoms with van der Waals surface area (Å²) in [7, 11) is 0. The highest BCUT2D eigenvalue weighted by Crippen LogP contribution is 2.25. The van der Waals surface area contributed by atoms with Gasteiger partial charge in [-0.05, 0) is 38.9 Å². The number of rotatable bonds is 7. The van der Waals surface area contributed by atoms with E-state index in [2.05, 4.69) is 51.1 Å². The van der Waals surface area contributed by atoms with Gasteiger partial charge in [-0.2, -0.15) is 0 Å². The highest BCUT2D eigenvalue weighted by atomic mass is 127. The lowest BCUT2D eigenvalue weighted by Gasteiger charge is -2.37. The van der Waals surface area contributed by atoms with E-state index in [0.717, 1.165) is 77.1 Å². The van der Waals surface area contributed by atoms with E-state index in [0.29, 0.717) is 17.1 Å². The molecule has 0 amide bonds. The summed E-state index contributed by atoms with van der Waals surface area (Å²) in [6.45, 7) is 15.9. The van der Waals surface area contributed by atoms with E-state index < -0.39 is 0 Å². The molecular weight excluding hydrogens is 513 g/mol. The first-order valence-electron chi connectivity index (χ1n) is 11.0. The van der Waals surface area contributed by atoms with Crippen LogP contribution in [0.5, 0.6) is 0 Å². The van der Waals surface area contributed by atoms with Crippen LogP contribution in [0, 0.1) is 0 Å². The molecule has 0 aromatic carbocycles. The minimum absolute atomic E-state index is 0. The number of nitrogens with one attached hydrogen (secondary N) is 2. The van der Waals surface area contributed by atoms with Gasteiger partial charge in [-0.15, -0.1) is 24.0 Å². The molecule has 2 fully saturated rings. The smallest absolute Gasteiger partial charge is 0.191 e. The molecule has 2 atom stereocenters. The fourth-order valence-electron chi connectivity index (χ4n) is 4.05. The minimum Gasteiger partial charge on any atom is -0.357 e. The summed E-state index contributed by atoms with van der Waals surface area (Å²) in [5.41, 5.74) is 0. The average molecular weight is 550 g/mol. The Morgan fingerprint density at radius 1 is 1.27 bits per heavy atom. The summed E-state index contributed by atoms with van der Waals surface area (Å²) in [6, 6.07) is 4.57. The fourth-order valence-corrected chi connectivity index (χ4v) is 4.29. The Hall–Kier alpha value is -0.840. The maximum Gasteiger partial charge on any atom is 0.191 e. The summed E-state index contributed by atoms with van der Waals surface area (Å²) < 4.78 is 0. The quantitative estimate of drug-likeness (QED) is 0.310. The van der Waals surface area contributed by atoms with Crippen molar-refractivity contribution in [3.05, 3.63) is 23.4 Å². The summed E-state index contributed by atoms with van der Waals surface area (Å²) in [5, 5.41) is 7.73. The zero-order valence-electron chi connectivity index (χ0n) is 18.5. The van der Waals surface area contributed by atoms with Crippen LogP contribution in [-0.4, -0.2) is 91.7 Å². The first kappa shape index (κ1) is 25.4. The van der Waals surface area contributed by atoms with Crippen LogP contribution >= 0.6 is 35.6 Å². The molecule has 0 aliphatic carbocycles. The van der Waals surface area contributed by atoms with Gasteiger partial charge >= 0.3 is 0 Å². The second-order valence-electron chi connectivity index (χ2n) is 7.92. The molecule has 3 rings (SSSR count). The number of halogens is 2. The first-order chi connectivity index (χ1) is 14.1. The fraction of sp³-hybridized carbons (Fsp3) is 0.714. The van der Waals surface area contributed by atoms with Gasteiger partial charge in [0.05, 0.1) is 11.6 Å². The van der Waals surface area contributed by atoms with E-state index in [1.54, 1.807) is 6.20 Å². The van der Waals surface area contributed by atoms with Gasteiger partial charge in [-0.3, -0.25) is 9.89 Å². The van der Waals surface area contributed by atoms with Crippen molar-refractivity contribution in [1.29, 1.82) is 0 Å². The van der Waals surface area contributed by atoms with Crippen LogP contribution in [0.2, 0.25) is 5.02 Å². The molecule has 2 N–H and O–H groups in total. The Balaban J connectivity index is 0.00000320. The topological polar surface area (TPSA) is 59.0 Å². The molecule has 1 aromatic rings. The van der Waals surface area contributed by atoms with Crippen molar-refractivity contribution in [1.82, 2.24) is 25.4 Å². The highest BCUT2D eigenvalue weighted by Gasteiger charge is 2.26. The molecular formula is C21H37ClIN7. The second-order valence-corrected chi connectivity index (χ2v) is 8.33. The van der Waals surface area contributed by atoms with Gasteiger partial charge in [0.15, 0.2) is 5.96 Å².